The van der Waals surface area contributed by atoms with Crippen LogP contribution in [0.15, 0.2) is 78.9 Å². The molecule has 5 heteroatoms. The van der Waals surface area contributed by atoms with Crippen LogP contribution in [0.1, 0.15) is 15.9 Å². The molecular formula is C24H19IN2O2. The summed E-state index contributed by atoms with van der Waals surface area (Å²) in [5, 5.41) is 6.51. The molecule has 0 heterocycles. The van der Waals surface area contributed by atoms with Gasteiger partial charge in [-0.25, -0.2) is 0 Å². The molecule has 0 fully saturated rings. The number of nitrogens with two attached hydrogens (primary N) is 1. The molecule has 0 aromatic heterocycles. The fourth-order valence-corrected chi connectivity index (χ4v) is 3.93. The second kappa shape index (κ2) is 8.21. The summed E-state index contributed by atoms with van der Waals surface area (Å²) in [7, 11) is 0. The van der Waals surface area contributed by atoms with Gasteiger partial charge in [0.2, 0.25) is 5.91 Å². The summed E-state index contributed by atoms with van der Waals surface area (Å²) >= 11 is 2.23. The van der Waals surface area contributed by atoms with E-state index in [0.29, 0.717) is 12.0 Å². The molecule has 0 bridgehead atoms. The van der Waals surface area contributed by atoms with E-state index in [2.05, 4.69) is 34.0 Å². The quantitative estimate of drug-likeness (QED) is 0.319. The number of hydrogen-bond acceptors (Lipinski definition) is 2. The molecule has 4 aromatic carbocycles. The molecule has 4 rings (SSSR count). The van der Waals surface area contributed by atoms with Crippen LogP contribution in [0.2, 0.25) is 0 Å². The molecule has 0 aliphatic rings. The molecule has 3 N–H and O–H groups in total. The zero-order chi connectivity index (χ0) is 20.4. The van der Waals surface area contributed by atoms with Crippen LogP contribution in [0.4, 0.5) is 0 Å². The molecule has 0 aliphatic heterocycles. The molecule has 0 radical (unpaired) electrons. The lowest BCUT2D eigenvalue weighted by molar-refractivity contribution is -0.119. The monoisotopic (exact) mass is 494 g/mol. The predicted molar refractivity (Wildman–Crippen MR) is 125 cm³/mol. The molecule has 0 aliphatic carbocycles. The van der Waals surface area contributed by atoms with Crippen molar-refractivity contribution >= 4 is 56.0 Å². The molecule has 0 saturated heterocycles. The standard InChI is InChI=1S/C24H19IN2O2/c25-18-11-9-15(10-12-18)13-21(23(26)28)27-24(29)22-19-7-3-1-5-16(19)14-17-6-2-4-8-20(17)22/h1-12,14,21H,13H2,(H2,26,28)(H,27,29)/t21-/m1/s1. The maximum Gasteiger partial charge on any atom is 0.253 e. The van der Waals surface area contributed by atoms with Crippen LogP contribution in [0, 0.1) is 3.57 Å². The van der Waals surface area contributed by atoms with Crippen molar-refractivity contribution in [3.8, 4) is 0 Å². The first-order chi connectivity index (χ1) is 14.0. The number of nitrogens with one attached hydrogen (secondary N) is 1. The Labute approximate surface area is 182 Å². The first kappa shape index (κ1) is 19.4. The third kappa shape index (κ3) is 4.10. The molecule has 0 spiro atoms. The number of halogens is 1. The summed E-state index contributed by atoms with van der Waals surface area (Å²) in [6, 6.07) is 24.6. The molecule has 2 amide bonds. The Bertz CT molecular complexity index is 1160. The van der Waals surface area contributed by atoms with Crippen LogP contribution in [-0.4, -0.2) is 17.9 Å². The molecule has 4 aromatic rings. The van der Waals surface area contributed by atoms with Gasteiger partial charge in [0.05, 0.1) is 5.56 Å². The molecule has 0 saturated carbocycles. The Hall–Kier alpha value is -2.93. The van der Waals surface area contributed by atoms with E-state index < -0.39 is 11.9 Å². The lowest BCUT2D eigenvalue weighted by atomic mass is 9.95. The van der Waals surface area contributed by atoms with Gasteiger partial charge in [0.15, 0.2) is 0 Å². The van der Waals surface area contributed by atoms with Crippen LogP contribution in [0.25, 0.3) is 21.5 Å². The van der Waals surface area contributed by atoms with Crippen molar-refractivity contribution in [3.63, 3.8) is 0 Å². The molecule has 1 atom stereocenters. The Morgan fingerprint density at radius 2 is 1.41 bits per heavy atom. The maximum absolute atomic E-state index is 13.3. The minimum atomic E-state index is -0.791. The van der Waals surface area contributed by atoms with E-state index in [-0.39, 0.29) is 5.91 Å². The summed E-state index contributed by atoms with van der Waals surface area (Å²) in [5.41, 5.74) is 7.12. The predicted octanol–water partition coefficient (Wildman–Crippen LogP) is 4.42. The fraction of sp³-hybridized carbons (Fsp3) is 0.0833. The normalized spacial score (nSPS) is 12.0. The maximum atomic E-state index is 13.3. The van der Waals surface area contributed by atoms with Crippen molar-refractivity contribution in [3.05, 3.63) is 93.6 Å². The first-order valence-electron chi connectivity index (χ1n) is 9.28. The second-order valence-electron chi connectivity index (χ2n) is 6.95. The lowest BCUT2D eigenvalue weighted by Crippen LogP contribution is -2.46. The summed E-state index contributed by atoms with van der Waals surface area (Å²) in [5.74, 6) is -0.853. The molecule has 29 heavy (non-hydrogen) atoms. The molecule has 0 unspecified atom stereocenters. The van der Waals surface area contributed by atoms with Gasteiger partial charge >= 0.3 is 0 Å². The zero-order valence-electron chi connectivity index (χ0n) is 15.6. The van der Waals surface area contributed by atoms with Crippen LogP contribution in [-0.2, 0) is 11.2 Å². The van der Waals surface area contributed by atoms with Crippen LogP contribution in [0.3, 0.4) is 0 Å². The van der Waals surface area contributed by atoms with Crippen molar-refractivity contribution in [2.45, 2.75) is 12.5 Å². The molecule has 4 nitrogen and oxygen atoms in total. The van der Waals surface area contributed by atoms with E-state index in [0.717, 1.165) is 30.7 Å². The van der Waals surface area contributed by atoms with Gasteiger partial charge in [-0.15, -0.1) is 0 Å². The topological polar surface area (TPSA) is 72.2 Å². The van der Waals surface area contributed by atoms with E-state index in [1.54, 1.807) is 0 Å². The minimum Gasteiger partial charge on any atom is -0.368 e. The minimum absolute atomic E-state index is 0.299. The van der Waals surface area contributed by atoms with E-state index in [4.69, 9.17) is 5.73 Å². The summed E-state index contributed by atoms with van der Waals surface area (Å²) in [4.78, 5) is 25.4. The smallest absolute Gasteiger partial charge is 0.253 e. The number of primary amides is 1. The average molecular weight is 494 g/mol. The van der Waals surface area contributed by atoms with Gasteiger partial charge < -0.3 is 11.1 Å². The van der Waals surface area contributed by atoms with Gasteiger partial charge in [-0.05, 0) is 67.9 Å². The number of carbonyl (C=O) groups excluding carboxylic acids is 2. The van der Waals surface area contributed by atoms with Crippen molar-refractivity contribution in [1.82, 2.24) is 5.32 Å². The fourth-order valence-electron chi connectivity index (χ4n) is 3.57. The van der Waals surface area contributed by atoms with Gasteiger partial charge in [-0.3, -0.25) is 9.59 Å². The van der Waals surface area contributed by atoms with Gasteiger partial charge in [-0.1, -0.05) is 60.7 Å². The number of carbonyl (C=O) groups is 2. The number of amides is 2. The van der Waals surface area contributed by atoms with Gasteiger partial charge in [0, 0.05) is 9.99 Å². The van der Waals surface area contributed by atoms with E-state index in [9.17, 15) is 9.59 Å². The second-order valence-corrected chi connectivity index (χ2v) is 8.20. The number of rotatable bonds is 5. The first-order valence-corrected chi connectivity index (χ1v) is 10.4. The van der Waals surface area contributed by atoms with Crippen LogP contribution in [0.5, 0.6) is 0 Å². The highest BCUT2D eigenvalue weighted by molar-refractivity contribution is 14.1. The summed E-state index contributed by atoms with van der Waals surface area (Å²) in [6.07, 6.45) is 0.348. The Balaban J connectivity index is 1.73. The van der Waals surface area contributed by atoms with Gasteiger partial charge in [0.1, 0.15) is 6.04 Å². The lowest BCUT2D eigenvalue weighted by Gasteiger charge is -2.18. The van der Waals surface area contributed by atoms with Crippen LogP contribution >= 0.6 is 22.6 Å². The Morgan fingerprint density at radius 1 is 0.862 bits per heavy atom. The van der Waals surface area contributed by atoms with Gasteiger partial charge in [-0.2, -0.15) is 0 Å². The zero-order valence-corrected chi connectivity index (χ0v) is 17.7. The summed E-state index contributed by atoms with van der Waals surface area (Å²) in [6.45, 7) is 0. The Morgan fingerprint density at radius 3 is 1.97 bits per heavy atom. The SMILES string of the molecule is NC(=O)[C@@H](Cc1ccc(I)cc1)NC(=O)c1c2ccccc2cc2ccccc12. The van der Waals surface area contributed by atoms with Crippen LogP contribution < -0.4 is 11.1 Å². The number of benzene rings is 4. The Kier molecular flexibility index (Phi) is 5.49. The highest BCUT2D eigenvalue weighted by Gasteiger charge is 2.22. The van der Waals surface area contributed by atoms with E-state index >= 15 is 0 Å². The van der Waals surface area contributed by atoms with Gasteiger partial charge in [0.25, 0.3) is 5.91 Å². The van der Waals surface area contributed by atoms with Crippen molar-refractivity contribution < 1.29 is 9.59 Å². The average Bonchev–Trinajstić information content (AvgIpc) is 2.72. The van der Waals surface area contributed by atoms with E-state index in [1.165, 1.54) is 0 Å². The number of hydrogen-bond donors (Lipinski definition) is 2. The number of fused-ring (bicyclic) bond motifs is 2. The highest BCUT2D eigenvalue weighted by Crippen LogP contribution is 2.28. The van der Waals surface area contributed by atoms with Crippen molar-refractivity contribution in [2.75, 3.05) is 0 Å². The van der Waals surface area contributed by atoms with Crippen molar-refractivity contribution in [1.29, 1.82) is 0 Å². The molecule has 144 valence electrons. The van der Waals surface area contributed by atoms with E-state index in [1.807, 2.05) is 72.8 Å². The largest absolute Gasteiger partial charge is 0.368 e. The molecular weight excluding hydrogens is 475 g/mol. The van der Waals surface area contributed by atoms with Crippen molar-refractivity contribution in [2.24, 2.45) is 5.73 Å². The third-order valence-electron chi connectivity index (χ3n) is 5.00. The highest BCUT2D eigenvalue weighted by atomic mass is 127. The third-order valence-corrected chi connectivity index (χ3v) is 5.72. The summed E-state index contributed by atoms with van der Waals surface area (Å²) < 4.78 is 1.10.